The molecule has 1 saturated heterocycles. The van der Waals surface area contributed by atoms with Gasteiger partial charge >= 0.3 is 0 Å². The van der Waals surface area contributed by atoms with Crippen LogP contribution in [0.25, 0.3) is 0 Å². The smallest absolute Gasteiger partial charge is 0.229 e. The summed E-state index contributed by atoms with van der Waals surface area (Å²) in [6.45, 7) is 3.97. The van der Waals surface area contributed by atoms with Crippen molar-refractivity contribution in [3.63, 3.8) is 0 Å². The summed E-state index contributed by atoms with van der Waals surface area (Å²) in [6, 6.07) is 10.5. The normalized spacial score (nSPS) is 17.0. The molecule has 29 heavy (non-hydrogen) atoms. The number of carbonyl (C=O) groups excluding carboxylic acids is 2. The molecule has 1 aliphatic heterocycles. The van der Waals surface area contributed by atoms with Crippen molar-refractivity contribution in [1.82, 2.24) is 9.88 Å². The Morgan fingerprint density at radius 2 is 2.03 bits per heavy atom. The number of likely N-dealkylation sites (tertiary alicyclic amines) is 1. The van der Waals surface area contributed by atoms with Crippen LogP contribution in [0.1, 0.15) is 25.0 Å². The molecule has 1 aromatic heterocycles. The number of benzene rings is 1. The molecular formula is C21H24Cl2N4O2. The Morgan fingerprint density at radius 1 is 1.21 bits per heavy atom. The van der Waals surface area contributed by atoms with E-state index in [0.717, 1.165) is 25.1 Å². The highest BCUT2D eigenvalue weighted by Gasteiger charge is 2.26. The molecule has 0 bridgehead atoms. The highest BCUT2D eigenvalue weighted by Crippen LogP contribution is 2.25. The van der Waals surface area contributed by atoms with Crippen LogP contribution in [-0.2, 0) is 9.59 Å². The molecule has 0 saturated carbocycles. The number of aromatic nitrogens is 1. The van der Waals surface area contributed by atoms with E-state index in [-0.39, 0.29) is 17.7 Å². The average Bonchev–Trinajstić information content (AvgIpc) is 2.69. The summed E-state index contributed by atoms with van der Waals surface area (Å²) in [5, 5.41) is 6.65. The standard InChI is InChI=1S/C21H24Cl2N4O2/c1-14-4-2-6-19(24-14)26-21(29)15-5-3-10-27(13-15)11-9-20(28)25-18-12-16(22)7-8-17(18)23/h2,4,6-8,12,15H,3,5,9-11,13H2,1H3,(H,25,28)(H,24,26,29). The summed E-state index contributed by atoms with van der Waals surface area (Å²) in [7, 11) is 0. The van der Waals surface area contributed by atoms with Gasteiger partial charge in [-0.3, -0.25) is 9.59 Å². The van der Waals surface area contributed by atoms with Gasteiger partial charge in [0.25, 0.3) is 0 Å². The Hall–Kier alpha value is -2.15. The maximum absolute atomic E-state index is 12.6. The second-order valence-corrected chi connectivity index (χ2v) is 8.06. The Morgan fingerprint density at radius 3 is 2.83 bits per heavy atom. The van der Waals surface area contributed by atoms with Gasteiger partial charge < -0.3 is 15.5 Å². The number of aryl methyl sites for hydroxylation is 1. The van der Waals surface area contributed by atoms with Crippen LogP contribution in [-0.4, -0.2) is 41.3 Å². The van der Waals surface area contributed by atoms with E-state index in [2.05, 4.69) is 20.5 Å². The summed E-state index contributed by atoms with van der Waals surface area (Å²) >= 11 is 12.0. The molecule has 0 spiro atoms. The van der Waals surface area contributed by atoms with Crippen LogP contribution in [0, 0.1) is 12.8 Å². The van der Waals surface area contributed by atoms with Crippen LogP contribution in [0.4, 0.5) is 11.5 Å². The molecule has 1 atom stereocenters. The van der Waals surface area contributed by atoms with Crippen molar-refractivity contribution < 1.29 is 9.59 Å². The predicted octanol–water partition coefficient (Wildman–Crippen LogP) is 4.38. The van der Waals surface area contributed by atoms with Gasteiger partial charge in [0.2, 0.25) is 11.8 Å². The second-order valence-electron chi connectivity index (χ2n) is 7.22. The highest BCUT2D eigenvalue weighted by atomic mass is 35.5. The second kappa shape index (κ2) is 10.1. The number of pyridine rings is 1. The summed E-state index contributed by atoms with van der Waals surface area (Å²) in [4.78, 5) is 31.3. The maximum Gasteiger partial charge on any atom is 0.229 e. The molecule has 1 aromatic carbocycles. The van der Waals surface area contributed by atoms with Gasteiger partial charge in [-0.25, -0.2) is 4.98 Å². The number of halogens is 2. The largest absolute Gasteiger partial charge is 0.325 e. The van der Waals surface area contributed by atoms with Crippen LogP contribution >= 0.6 is 23.2 Å². The average molecular weight is 435 g/mol. The van der Waals surface area contributed by atoms with Gasteiger partial charge in [0.05, 0.1) is 16.6 Å². The molecule has 3 rings (SSSR count). The van der Waals surface area contributed by atoms with Crippen molar-refractivity contribution in [2.24, 2.45) is 5.92 Å². The van der Waals surface area contributed by atoms with Gasteiger partial charge in [-0.1, -0.05) is 29.3 Å². The van der Waals surface area contributed by atoms with Crippen LogP contribution < -0.4 is 10.6 Å². The minimum atomic E-state index is -0.135. The minimum Gasteiger partial charge on any atom is -0.325 e. The predicted molar refractivity (Wildman–Crippen MR) is 116 cm³/mol. The Balaban J connectivity index is 1.48. The van der Waals surface area contributed by atoms with Crippen molar-refractivity contribution in [1.29, 1.82) is 0 Å². The third kappa shape index (κ3) is 6.42. The molecular weight excluding hydrogens is 411 g/mol. The number of hydrogen-bond acceptors (Lipinski definition) is 4. The van der Waals surface area contributed by atoms with Crippen molar-refractivity contribution in [2.75, 3.05) is 30.3 Å². The Labute approximate surface area is 180 Å². The summed E-state index contributed by atoms with van der Waals surface area (Å²) < 4.78 is 0. The molecule has 2 amide bonds. The fourth-order valence-corrected chi connectivity index (χ4v) is 3.72. The van der Waals surface area contributed by atoms with E-state index < -0.39 is 0 Å². The highest BCUT2D eigenvalue weighted by molar-refractivity contribution is 6.35. The third-order valence-corrected chi connectivity index (χ3v) is 5.44. The Kier molecular flexibility index (Phi) is 7.47. The number of amides is 2. The van der Waals surface area contributed by atoms with Crippen LogP contribution in [0.5, 0.6) is 0 Å². The number of piperidine rings is 1. The van der Waals surface area contributed by atoms with Crippen molar-refractivity contribution in [3.8, 4) is 0 Å². The SMILES string of the molecule is Cc1cccc(NC(=O)C2CCCN(CCC(=O)Nc3cc(Cl)ccc3Cl)C2)n1. The molecule has 8 heteroatoms. The number of carbonyl (C=O) groups is 2. The fourth-order valence-electron chi connectivity index (χ4n) is 3.38. The number of rotatable bonds is 6. The van der Waals surface area contributed by atoms with Gasteiger partial charge in [0.15, 0.2) is 0 Å². The molecule has 2 heterocycles. The maximum atomic E-state index is 12.6. The molecule has 2 aromatic rings. The van der Waals surface area contributed by atoms with Crippen LogP contribution in [0.3, 0.4) is 0 Å². The molecule has 1 aliphatic rings. The lowest BCUT2D eigenvalue weighted by Gasteiger charge is -2.31. The number of nitrogens with zero attached hydrogens (tertiary/aromatic N) is 2. The first-order valence-corrected chi connectivity index (χ1v) is 10.4. The first-order chi connectivity index (χ1) is 13.9. The van der Waals surface area contributed by atoms with E-state index in [1.54, 1.807) is 24.3 Å². The van der Waals surface area contributed by atoms with Crippen molar-refractivity contribution >= 4 is 46.5 Å². The van der Waals surface area contributed by atoms with Gasteiger partial charge in [-0.05, 0) is 56.6 Å². The molecule has 1 fully saturated rings. The lowest BCUT2D eigenvalue weighted by atomic mass is 9.97. The molecule has 2 N–H and O–H groups in total. The van der Waals surface area contributed by atoms with E-state index in [9.17, 15) is 9.59 Å². The lowest BCUT2D eigenvalue weighted by Crippen LogP contribution is -2.41. The molecule has 0 aliphatic carbocycles. The summed E-state index contributed by atoms with van der Waals surface area (Å²) in [6.07, 6.45) is 2.07. The summed E-state index contributed by atoms with van der Waals surface area (Å²) in [5.74, 6) is 0.300. The number of hydrogen-bond donors (Lipinski definition) is 2. The molecule has 154 valence electrons. The van der Waals surface area contributed by atoms with E-state index >= 15 is 0 Å². The fraction of sp³-hybridized carbons (Fsp3) is 0.381. The van der Waals surface area contributed by atoms with E-state index in [0.29, 0.717) is 41.1 Å². The first kappa shape index (κ1) is 21.6. The quantitative estimate of drug-likeness (QED) is 0.707. The zero-order chi connectivity index (χ0) is 20.8. The Bertz CT molecular complexity index is 891. The number of nitrogens with one attached hydrogen (secondary N) is 2. The van der Waals surface area contributed by atoms with Gasteiger partial charge in [0, 0.05) is 30.2 Å². The molecule has 1 unspecified atom stereocenters. The third-order valence-electron chi connectivity index (χ3n) is 4.87. The van der Waals surface area contributed by atoms with Gasteiger partial charge in [-0.2, -0.15) is 0 Å². The lowest BCUT2D eigenvalue weighted by molar-refractivity contribution is -0.121. The van der Waals surface area contributed by atoms with E-state index in [1.807, 2.05) is 19.1 Å². The van der Waals surface area contributed by atoms with E-state index in [4.69, 9.17) is 23.2 Å². The zero-order valence-corrected chi connectivity index (χ0v) is 17.8. The van der Waals surface area contributed by atoms with Gasteiger partial charge in [-0.15, -0.1) is 0 Å². The molecule has 0 radical (unpaired) electrons. The van der Waals surface area contributed by atoms with Crippen molar-refractivity contribution in [3.05, 3.63) is 52.1 Å². The van der Waals surface area contributed by atoms with Gasteiger partial charge in [0.1, 0.15) is 5.82 Å². The van der Waals surface area contributed by atoms with Crippen LogP contribution in [0.15, 0.2) is 36.4 Å². The molecule has 6 nitrogen and oxygen atoms in total. The number of anilines is 2. The summed E-state index contributed by atoms with van der Waals surface area (Å²) in [5.41, 5.74) is 1.37. The van der Waals surface area contributed by atoms with E-state index in [1.165, 1.54) is 0 Å². The van der Waals surface area contributed by atoms with Crippen molar-refractivity contribution in [2.45, 2.75) is 26.2 Å². The minimum absolute atomic E-state index is 0.0250. The zero-order valence-electron chi connectivity index (χ0n) is 16.3. The monoisotopic (exact) mass is 434 g/mol. The van der Waals surface area contributed by atoms with Crippen LogP contribution in [0.2, 0.25) is 10.0 Å². The topological polar surface area (TPSA) is 74.3 Å². The first-order valence-electron chi connectivity index (χ1n) is 9.62.